The minimum Gasteiger partial charge on any atom is -0.395 e. The average molecular weight is 243 g/mol. The van der Waals surface area contributed by atoms with Gasteiger partial charge in [0.2, 0.25) is 0 Å². The van der Waals surface area contributed by atoms with Gasteiger partial charge in [0.1, 0.15) is 5.82 Å². The Kier molecular flexibility index (Phi) is 3.00. The molecule has 1 fully saturated rings. The van der Waals surface area contributed by atoms with E-state index in [0.29, 0.717) is 17.9 Å². The molecule has 0 heterocycles. The molecule has 86 valence electrons. The van der Waals surface area contributed by atoms with Crippen LogP contribution in [0.5, 0.6) is 0 Å². The van der Waals surface area contributed by atoms with E-state index in [4.69, 9.17) is 11.6 Å². The highest BCUT2D eigenvalue weighted by molar-refractivity contribution is 6.31. The number of hydrogen-bond acceptors (Lipinski definition) is 2. The smallest absolute Gasteiger partial charge is 0.174 e. The lowest BCUT2D eigenvalue weighted by Crippen LogP contribution is -2.41. The number of Topliss-reactive ketones (excluding diaryl/α,β-unsaturated/α-hetero) is 1. The molecule has 2 rings (SSSR count). The van der Waals surface area contributed by atoms with Gasteiger partial charge >= 0.3 is 0 Å². The topological polar surface area (TPSA) is 37.3 Å². The highest BCUT2D eigenvalue weighted by atomic mass is 35.5. The van der Waals surface area contributed by atoms with Gasteiger partial charge in [-0.3, -0.25) is 4.79 Å². The van der Waals surface area contributed by atoms with Gasteiger partial charge < -0.3 is 5.11 Å². The number of aliphatic hydroxyl groups excluding tert-OH is 1. The predicted molar refractivity (Wildman–Crippen MR) is 59.1 cm³/mol. The summed E-state index contributed by atoms with van der Waals surface area (Å²) in [5.74, 6) is -0.907. The van der Waals surface area contributed by atoms with Crippen LogP contribution in [0.25, 0.3) is 0 Å². The minimum atomic E-state index is -0.772. The van der Waals surface area contributed by atoms with Crippen LogP contribution < -0.4 is 0 Å². The largest absolute Gasteiger partial charge is 0.395 e. The second kappa shape index (κ2) is 4.15. The number of benzene rings is 1. The lowest BCUT2D eigenvalue weighted by Gasteiger charge is -2.38. The van der Waals surface area contributed by atoms with E-state index in [-0.39, 0.29) is 18.0 Å². The van der Waals surface area contributed by atoms with E-state index < -0.39 is 11.2 Å². The monoisotopic (exact) mass is 242 g/mol. The zero-order valence-corrected chi connectivity index (χ0v) is 9.43. The maximum atomic E-state index is 13.5. The Labute approximate surface area is 98.0 Å². The SMILES string of the molecule is O=C(c1cc(Cl)ccc1F)C1(CO)CCC1. The maximum absolute atomic E-state index is 13.5. The molecule has 1 saturated carbocycles. The predicted octanol–water partition coefficient (Wildman–Crippen LogP) is 2.82. The van der Waals surface area contributed by atoms with Gasteiger partial charge in [-0.1, -0.05) is 18.0 Å². The van der Waals surface area contributed by atoms with Gasteiger partial charge in [-0.15, -0.1) is 0 Å². The summed E-state index contributed by atoms with van der Waals surface area (Å²) in [6, 6.07) is 3.91. The summed E-state index contributed by atoms with van der Waals surface area (Å²) in [5.41, 5.74) is -0.785. The third kappa shape index (κ3) is 1.74. The Morgan fingerprint density at radius 1 is 1.50 bits per heavy atom. The molecule has 0 bridgehead atoms. The first-order valence-electron chi connectivity index (χ1n) is 5.20. The van der Waals surface area contributed by atoms with Crippen molar-refractivity contribution in [2.75, 3.05) is 6.61 Å². The highest BCUT2D eigenvalue weighted by Crippen LogP contribution is 2.43. The van der Waals surface area contributed by atoms with Crippen LogP contribution in [0.4, 0.5) is 4.39 Å². The summed E-state index contributed by atoms with van der Waals surface area (Å²) < 4.78 is 13.5. The van der Waals surface area contributed by atoms with E-state index >= 15 is 0 Å². The van der Waals surface area contributed by atoms with Gasteiger partial charge in [-0.2, -0.15) is 0 Å². The van der Waals surface area contributed by atoms with Gasteiger partial charge in [-0.25, -0.2) is 4.39 Å². The number of halogens is 2. The van der Waals surface area contributed by atoms with Crippen LogP contribution in [-0.4, -0.2) is 17.5 Å². The fraction of sp³-hybridized carbons (Fsp3) is 0.417. The number of hydrogen-bond donors (Lipinski definition) is 1. The summed E-state index contributed by atoms with van der Waals surface area (Å²) in [6.45, 7) is -0.224. The number of carbonyl (C=O) groups excluding carboxylic acids is 1. The van der Waals surface area contributed by atoms with Crippen molar-refractivity contribution in [1.82, 2.24) is 0 Å². The summed E-state index contributed by atoms with van der Waals surface area (Å²) >= 11 is 5.73. The molecule has 2 nitrogen and oxygen atoms in total. The molecule has 0 unspecified atom stereocenters. The fourth-order valence-electron chi connectivity index (χ4n) is 2.02. The average Bonchev–Trinajstić information content (AvgIpc) is 2.21. The van der Waals surface area contributed by atoms with E-state index in [2.05, 4.69) is 0 Å². The lowest BCUT2D eigenvalue weighted by molar-refractivity contribution is 0.0344. The molecule has 0 aromatic heterocycles. The van der Waals surface area contributed by atoms with E-state index in [1.165, 1.54) is 18.2 Å². The molecule has 1 aromatic rings. The highest BCUT2D eigenvalue weighted by Gasteiger charge is 2.44. The molecule has 0 atom stereocenters. The summed E-state index contributed by atoms with van der Waals surface area (Å²) in [6.07, 6.45) is 2.14. The number of aliphatic hydroxyl groups is 1. The van der Waals surface area contributed by atoms with E-state index in [1.54, 1.807) is 0 Å². The van der Waals surface area contributed by atoms with Crippen LogP contribution in [0.3, 0.4) is 0 Å². The molecule has 0 amide bonds. The fourth-order valence-corrected chi connectivity index (χ4v) is 2.19. The van der Waals surface area contributed by atoms with Crippen LogP contribution >= 0.6 is 11.6 Å². The third-order valence-electron chi connectivity index (χ3n) is 3.27. The zero-order valence-electron chi connectivity index (χ0n) is 8.67. The second-order valence-electron chi connectivity index (χ2n) is 4.25. The Hall–Kier alpha value is -0.930. The Morgan fingerprint density at radius 2 is 2.19 bits per heavy atom. The quantitative estimate of drug-likeness (QED) is 0.828. The normalized spacial score (nSPS) is 17.9. The molecular weight excluding hydrogens is 231 g/mol. The van der Waals surface area contributed by atoms with Gasteiger partial charge in [0.15, 0.2) is 5.78 Å². The van der Waals surface area contributed by atoms with Crippen LogP contribution in [0.1, 0.15) is 29.6 Å². The standard InChI is InChI=1S/C12H12ClFO2/c13-8-2-3-10(14)9(6-8)11(16)12(7-15)4-1-5-12/h2-3,6,15H,1,4-5,7H2. The second-order valence-corrected chi connectivity index (χ2v) is 4.68. The molecule has 0 saturated heterocycles. The van der Waals surface area contributed by atoms with Crippen molar-refractivity contribution >= 4 is 17.4 Å². The van der Waals surface area contributed by atoms with Crippen LogP contribution in [-0.2, 0) is 0 Å². The Morgan fingerprint density at radius 3 is 2.69 bits per heavy atom. The molecule has 0 spiro atoms. The van der Waals surface area contributed by atoms with Gasteiger partial charge in [-0.05, 0) is 31.0 Å². The van der Waals surface area contributed by atoms with Gasteiger partial charge in [0, 0.05) is 5.02 Å². The van der Waals surface area contributed by atoms with Crippen molar-refractivity contribution in [3.8, 4) is 0 Å². The number of rotatable bonds is 3. The third-order valence-corrected chi connectivity index (χ3v) is 3.50. The molecule has 16 heavy (non-hydrogen) atoms. The van der Waals surface area contributed by atoms with Crippen molar-refractivity contribution < 1.29 is 14.3 Å². The van der Waals surface area contributed by atoms with Crippen molar-refractivity contribution in [1.29, 1.82) is 0 Å². The molecule has 0 aliphatic heterocycles. The van der Waals surface area contributed by atoms with E-state index in [1.807, 2.05) is 0 Å². The first kappa shape index (κ1) is 11.6. The zero-order chi connectivity index (χ0) is 11.8. The minimum absolute atomic E-state index is 0.0127. The van der Waals surface area contributed by atoms with Crippen molar-refractivity contribution in [2.24, 2.45) is 5.41 Å². The molecule has 0 radical (unpaired) electrons. The number of carbonyl (C=O) groups is 1. The maximum Gasteiger partial charge on any atom is 0.174 e. The van der Waals surface area contributed by atoms with Gasteiger partial charge in [0.05, 0.1) is 17.6 Å². The van der Waals surface area contributed by atoms with Crippen molar-refractivity contribution in [3.63, 3.8) is 0 Å². The number of ketones is 1. The van der Waals surface area contributed by atoms with E-state index in [9.17, 15) is 14.3 Å². The van der Waals surface area contributed by atoms with Crippen molar-refractivity contribution in [3.05, 3.63) is 34.6 Å². The first-order chi connectivity index (χ1) is 7.59. The van der Waals surface area contributed by atoms with Crippen LogP contribution in [0.2, 0.25) is 5.02 Å². The summed E-state index contributed by atoms with van der Waals surface area (Å²) in [7, 11) is 0. The molecule has 1 N–H and O–H groups in total. The lowest BCUT2D eigenvalue weighted by atomic mass is 9.65. The summed E-state index contributed by atoms with van der Waals surface area (Å²) in [4.78, 5) is 12.1. The van der Waals surface area contributed by atoms with Gasteiger partial charge in [0.25, 0.3) is 0 Å². The molecule has 1 aromatic carbocycles. The van der Waals surface area contributed by atoms with Crippen LogP contribution in [0.15, 0.2) is 18.2 Å². The van der Waals surface area contributed by atoms with Crippen LogP contribution in [0, 0.1) is 11.2 Å². The van der Waals surface area contributed by atoms with Crippen molar-refractivity contribution in [2.45, 2.75) is 19.3 Å². The molecular formula is C12H12ClFO2. The Bertz CT molecular complexity index is 422. The summed E-state index contributed by atoms with van der Waals surface area (Å²) in [5, 5.41) is 9.58. The molecule has 1 aliphatic rings. The molecule has 1 aliphatic carbocycles. The Balaban J connectivity index is 2.37. The molecule has 4 heteroatoms. The van der Waals surface area contributed by atoms with E-state index in [0.717, 1.165) is 6.42 Å². The first-order valence-corrected chi connectivity index (χ1v) is 5.57.